The smallest absolute Gasteiger partial charge is 0.407 e. The van der Waals surface area contributed by atoms with E-state index in [0.29, 0.717) is 37.2 Å². The van der Waals surface area contributed by atoms with Gasteiger partial charge in [-0.25, -0.2) is 14.2 Å². The number of aromatic nitrogens is 3. The van der Waals surface area contributed by atoms with Crippen molar-refractivity contribution in [3.8, 4) is 16.9 Å². The lowest BCUT2D eigenvalue weighted by Gasteiger charge is -2.30. The Balaban J connectivity index is 1.53. The average molecular weight is 494 g/mol. The first-order valence-corrected chi connectivity index (χ1v) is 11.1. The fourth-order valence-corrected chi connectivity index (χ4v) is 4.56. The van der Waals surface area contributed by atoms with E-state index in [9.17, 15) is 9.18 Å². The normalized spacial score (nSPS) is 15.5. The third-order valence-electron chi connectivity index (χ3n) is 5.72. The summed E-state index contributed by atoms with van der Waals surface area (Å²) in [5.74, 6) is -0.116. The van der Waals surface area contributed by atoms with Gasteiger partial charge in [0.25, 0.3) is 0 Å². The molecule has 3 heterocycles. The minimum Gasteiger partial charge on any atom is -0.482 e. The molecule has 0 radical (unpaired) electrons. The predicted octanol–water partition coefficient (Wildman–Crippen LogP) is 5.43. The molecule has 0 saturated carbocycles. The summed E-state index contributed by atoms with van der Waals surface area (Å²) in [7, 11) is 0. The number of nitrogens with zero attached hydrogens (tertiary/aromatic N) is 4. The Morgan fingerprint density at radius 1 is 1.27 bits per heavy atom. The van der Waals surface area contributed by atoms with Crippen LogP contribution in [-0.2, 0) is 0 Å². The summed E-state index contributed by atoms with van der Waals surface area (Å²) in [4.78, 5) is 16.7. The maximum Gasteiger partial charge on any atom is 0.407 e. The number of rotatable bonds is 5. The second kappa shape index (κ2) is 9.44. The Hall–Kier alpha value is -3.04. The lowest BCUT2D eigenvalue weighted by molar-refractivity contribution is 0.124. The highest BCUT2D eigenvalue weighted by molar-refractivity contribution is 6.36. The number of ether oxygens (including phenoxy) is 1. The van der Waals surface area contributed by atoms with E-state index in [1.807, 2.05) is 10.9 Å². The van der Waals surface area contributed by atoms with Crippen LogP contribution in [0.2, 0.25) is 10.0 Å². The fraction of sp³-hybridized carbons (Fsp3) is 0.318. The van der Waals surface area contributed by atoms with Crippen LogP contribution < -0.4 is 10.5 Å². The van der Waals surface area contributed by atoms with Crippen molar-refractivity contribution >= 4 is 35.1 Å². The summed E-state index contributed by atoms with van der Waals surface area (Å²) in [5, 5.41) is 13.8. The molecule has 4 rings (SSSR count). The van der Waals surface area contributed by atoms with Crippen LogP contribution in [0, 0.1) is 5.82 Å². The largest absolute Gasteiger partial charge is 0.482 e. The van der Waals surface area contributed by atoms with Crippen molar-refractivity contribution in [3.63, 3.8) is 0 Å². The molecule has 3 N–H and O–H groups in total. The molecule has 0 spiro atoms. The summed E-state index contributed by atoms with van der Waals surface area (Å²) in [6, 6.07) is 4.46. The summed E-state index contributed by atoms with van der Waals surface area (Å²) in [6.45, 7) is 2.64. The summed E-state index contributed by atoms with van der Waals surface area (Å²) >= 11 is 12.3. The highest BCUT2D eigenvalue weighted by Crippen LogP contribution is 2.37. The fourth-order valence-electron chi connectivity index (χ4n) is 3.88. The molecular formula is C22H22Cl2FN5O3. The standard InChI is InChI=1S/C22H22Cl2FN5O3/c1-12(19-16(23)2-3-17(25)20(19)24)33-18-8-13(9-27-21(18)26)14-10-28-30(11-14)15-4-6-29(7-5-15)22(31)32/h2-3,8-12,15H,4-7H2,1H3,(H2,26,27)(H,31,32). The van der Waals surface area contributed by atoms with Crippen LogP contribution in [0.4, 0.5) is 15.0 Å². The number of likely N-dealkylation sites (tertiary alicyclic amines) is 1. The van der Waals surface area contributed by atoms with Gasteiger partial charge in [-0.1, -0.05) is 23.2 Å². The molecule has 8 nitrogen and oxygen atoms in total. The number of hydrogen-bond donors (Lipinski definition) is 2. The second-order valence-corrected chi connectivity index (χ2v) is 8.62. The van der Waals surface area contributed by atoms with E-state index in [-0.39, 0.29) is 21.9 Å². The van der Waals surface area contributed by atoms with Crippen LogP contribution in [0.25, 0.3) is 11.1 Å². The lowest BCUT2D eigenvalue weighted by Crippen LogP contribution is -2.38. The molecule has 1 aromatic carbocycles. The number of amides is 1. The molecule has 1 fully saturated rings. The van der Waals surface area contributed by atoms with Gasteiger partial charge in [0.05, 0.1) is 17.3 Å². The van der Waals surface area contributed by atoms with Crippen LogP contribution in [0.1, 0.15) is 37.5 Å². The van der Waals surface area contributed by atoms with Gasteiger partial charge in [-0.3, -0.25) is 4.68 Å². The van der Waals surface area contributed by atoms with Crippen molar-refractivity contribution in [3.05, 3.63) is 58.2 Å². The van der Waals surface area contributed by atoms with Crippen molar-refractivity contribution in [2.24, 2.45) is 0 Å². The average Bonchev–Trinajstić information content (AvgIpc) is 3.28. The third-order valence-corrected chi connectivity index (χ3v) is 6.43. The number of nitrogen functional groups attached to an aromatic ring is 1. The minimum absolute atomic E-state index is 0.104. The number of anilines is 1. The highest BCUT2D eigenvalue weighted by atomic mass is 35.5. The van der Waals surface area contributed by atoms with Crippen molar-refractivity contribution < 1.29 is 19.0 Å². The zero-order valence-electron chi connectivity index (χ0n) is 17.7. The molecule has 174 valence electrons. The van der Waals surface area contributed by atoms with Crippen LogP contribution >= 0.6 is 23.2 Å². The van der Waals surface area contributed by atoms with E-state index < -0.39 is 18.0 Å². The number of piperidine rings is 1. The van der Waals surface area contributed by atoms with Gasteiger partial charge in [-0.2, -0.15) is 5.10 Å². The molecule has 1 aliphatic rings. The Kier molecular flexibility index (Phi) is 6.62. The summed E-state index contributed by atoms with van der Waals surface area (Å²) < 4.78 is 21.7. The molecule has 0 aliphatic carbocycles. The van der Waals surface area contributed by atoms with Gasteiger partial charge >= 0.3 is 6.09 Å². The quantitative estimate of drug-likeness (QED) is 0.459. The molecule has 33 heavy (non-hydrogen) atoms. The number of hydrogen-bond acceptors (Lipinski definition) is 5. The van der Waals surface area contributed by atoms with Gasteiger partial charge in [0, 0.05) is 47.2 Å². The van der Waals surface area contributed by atoms with Gasteiger partial charge in [0.15, 0.2) is 11.6 Å². The van der Waals surface area contributed by atoms with Crippen molar-refractivity contribution in [1.82, 2.24) is 19.7 Å². The van der Waals surface area contributed by atoms with Gasteiger partial charge in [0.1, 0.15) is 11.9 Å². The molecule has 3 aromatic rings. The lowest BCUT2D eigenvalue weighted by atomic mass is 10.1. The molecule has 1 atom stereocenters. The van der Waals surface area contributed by atoms with Gasteiger partial charge in [-0.15, -0.1) is 0 Å². The van der Waals surface area contributed by atoms with Crippen molar-refractivity contribution in [2.75, 3.05) is 18.8 Å². The molecule has 1 saturated heterocycles. The second-order valence-electron chi connectivity index (χ2n) is 7.83. The van der Waals surface area contributed by atoms with Crippen LogP contribution in [0.5, 0.6) is 5.75 Å². The Morgan fingerprint density at radius 2 is 2.00 bits per heavy atom. The van der Waals surface area contributed by atoms with E-state index in [2.05, 4.69) is 10.1 Å². The molecule has 0 bridgehead atoms. The van der Waals surface area contributed by atoms with E-state index in [0.717, 1.165) is 11.1 Å². The highest BCUT2D eigenvalue weighted by Gasteiger charge is 2.24. The van der Waals surface area contributed by atoms with Crippen molar-refractivity contribution in [2.45, 2.75) is 31.9 Å². The molecule has 2 aromatic heterocycles. The first-order chi connectivity index (χ1) is 15.7. The number of carbonyl (C=O) groups is 1. The molecule has 1 amide bonds. The zero-order chi connectivity index (χ0) is 23.7. The number of carboxylic acid groups (broad SMARTS) is 1. The number of halogens is 3. The summed E-state index contributed by atoms with van der Waals surface area (Å²) in [6.07, 6.45) is 5.02. The van der Waals surface area contributed by atoms with Gasteiger partial charge in [0.2, 0.25) is 0 Å². The third kappa shape index (κ3) is 4.84. The topological polar surface area (TPSA) is 106 Å². The van der Waals surface area contributed by atoms with Crippen LogP contribution in [0.3, 0.4) is 0 Å². The molecular weight excluding hydrogens is 472 g/mol. The first-order valence-electron chi connectivity index (χ1n) is 10.3. The number of nitrogens with two attached hydrogens (primary N) is 1. The Labute approximate surface area is 199 Å². The van der Waals surface area contributed by atoms with E-state index in [4.69, 9.17) is 38.8 Å². The molecule has 1 unspecified atom stereocenters. The van der Waals surface area contributed by atoms with Crippen LogP contribution in [-0.4, -0.2) is 44.0 Å². The minimum atomic E-state index is -0.898. The van der Waals surface area contributed by atoms with E-state index in [1.54, 1.807) is 25.4 Å². The van der Waals surface area contributed by atoms with Gasteiger partial charge in [-0.05, 0) is 38.0 Å². The maximum atomic E-state index is 13.9. The SMILES string of the molecule is CC(Oc1cc(-c2cnn(C3CCN(C(=O)O)CC3)c2)cnc1N)c1c(Cl)ccc(F)c1Cl. The van der Waals surface area contributed by atoms with E-state index >= 15 is 0 Å². The molecule has 1 aliphatic heterocycles. The zero-order valence-corrected chi connectivity index (χ0v) is 19.2. The maximum absolute atomic E-state index is 13.9. The van der Waals surface area contributed by atoms with Crippen LogP contribution in [0.15, 0.2) is 36.8 Å². The van der Waals surface area contributed by atoms with Crippen molar-refractivity contribution in [1.29, 1.82) is 0 Å². The van der Waals surface area contributed by atoms with Gasteiger partial charge < -0.3 is 20.5 Å². The monoisotopic (exact) mass is 493 g/mol. The van der Waals surface area contributed by atoms with E-state index in [1.165, 1.54) is 17.0 Å². The predicted molar refractivity (Wildman–Crippen MR) is 123 cm³/mol. The summed E-state index contributed by atoms with van der Waals surface area (Å²) in [5.41, 5.74) is 7.87. The Bertz CT molecular complexity index is 1180. The Morgan fingerprint density at radius 3 is 2.70 bits per heavy atom. The first kappa shape index (κ1) is 23.1. The molecule has 11 heteroatoms. The number of pyridine rings is 1. The number of benzene rings is 1.